The van der Waals surface area contributed by atoms with Crippen LogP contribution in [-0.2, 0) is 6.42 Å². The van der Waals surface area contributed by atoms with Gasteiger partial charge >= 0.3 is 0 Å². The molecule has 76 valence electrons. The lowest BCUT2D eigenvalue weighted by Gasteiger charge is -2.31. The molecule has 0 aliphatic heterocycles. The molecule has 0 amide bonds. The van der Waals surface area contributed by atoms with Crippen LogP contribution in [-0.4, -0.2) is 13.7 Å². The Labute approximate surface area is 85.1 Å². The third kappa shape index (κ3) is 1.40. The smallest absolute Gasteiger partial charge is 0.122 e. The van der Waals surface area contributed by atoms with Crippen molar-refractivity contribution in [3.63, 3.8) is 0 Å². The number of ether oxygens (including phenoxy) is 1. The van der Waals surface area contributed by atoms with Crippen molar-refractivity contribution in [3.8, 4) is 5.75 Å². The summed E-state index contributed by atoms with van der Waals surface area (Å²) in [6.07, 6.45) is 2.28. The fourth-order valence-corrected chi connectivity index (χ4v) is 2.23. The molecule has 2 heteroatoms. The van der Waals surface area contributed by atoms with Crippen LogP contribution in [0.15, 0.2) is 12.1 Å². The summed E-state index contributed by atoms with van der Waals surface area (Å²) in [4.78, 5) is 0. The van der Waals surface area contributed by atoms with E-state index in [1.165, 1.54) is 23.1 Å². The summed E-state index contributed by atoms with van der Waals surface area (Å²) in [5, 5.41) is 0. The third-order valence-electron chi connectivity index (χ3n) is 3.08. The van der Waals surface area contributed by atoms with Crippen LogP contribution in [0.4, 0.5) is 0 Å². The highest BCUT2D eigenvalue weighted by atomic mass is 16.5. The van der Waals surface area contributed by atoms with E-state index in [0.717, 1.165) is 18.7 Å². The quantitative estimate of drug-likeness (QED) is 0.793. The van der Waals surface area contributed by atoms with Gasteiger partial charge in [-0.1, -0.05) is 6.07 Å². The molecule has 2 nitrogen and oxygen atoms in total. The van der Waals surface area contributed by atoms with Crippen LogP contribution in [0, 0.1) is 6.92 Å². The molecule has 14 heavy (non-hydrogen) atoms. The molecule has 2 rings (SSSR count). The van der Waals surface area contributed by atoms with Gasteiger partial charge in [0.2, 0.25) is 0 Å². The molecule has 1 aromatic rings. The molecule has 0 saturated carbocycles. The van der Waals surface area contributed by atoms with Crippen molar-refractivity contribution in [2.24, 2.45) is 5.73 Å². The van der Waals surface area contributed by atoms with Gasteiger partial charge in [-0.15, -0.1) is 0 Å². The molecule has 0 radical (unpaired) electrons. The lowest BCUT2D eigenvalue weighted by molar-refractivity contribution is 0.408. The van der Waals surface area contributed by atoms with E-state index < -0.39 is 0 Å². The van der Waals surface area contributed by atoms with E-state index >= 15 is 0 Å². The van der Waals surface area contributed by atoms with Gasteiger partial charge in [0.1, 0.15) is 5.75 Å². The zero-order valence-corrected chi connectivity index (χ0v) is 8.84. The van der Waals surface area contributed by atoms with E-state index in [1.807, 2.05) is 0 Å². The summed E-state index contributed by atoms with van der Waals surface area (Å²) in [5.41, 5.74) is 9.71. The number of rotatable bonds is 3. The maximum atomic E-state index is 5.57. The molecule has 0 fully saturated rings. The number of methoxy groups -OCH3 is 1. The Balaban J connectivity index is 2.26. The zero-order chi connectivity index (χ0) is 10.1. The monoisotopic (exact) mass is 191 g/mol. The molecule has 1 aliphatic rings. The van der Waals surface area contributed by atoms with Gasteiger partial charge in [0.15, 0.2) is 0 Å². The van der Waals surface area contributed by atoms with Crippen molar-refractivity contribution >= 4 is 0 Å². The number of benzene rings is 1. The van der Waals surface area contributed by atoms with E-state index in [9.17, 15) is 0 Å². The molecular formula is C12H17NO. The van der Waals surface area contributed by atoms with Crippen molar-refractivity contribution in [3.05, 3.63) is 28.8 Å². The molecule has 0 aromatic heterocycles. The predicted molar refractivity (Wildman–Crippen MR) is 57.8 cm³/mol. The Hall–Kier alpha value is -1.02. The first-order chi connectivity index (χ1) is 6.76. The molecule has 0 saturated heterocycles. The normalized spacial score (nSPS) is 18.6. The van der Waals surface area contributed by atoms with Gasteiger partial charge in [-0.25, -0.2) is 0 Å². The maximum absolute atomic E-state index is 5.57. The largest absolute Gasteiger partial charge is 0.496 e. The average Bonchev–Trinajstić information content (AvgIpc) is 2.17. The van der Waals surface area contributed by atoms with Crippen LogP contribution in [0.2, 0.25) is 0 Å². The van der Waals surface area contributed by atoms with E-state index in [2.05, 4.69) is 19.1 Å². The number of nitrogens with two attached hydrogens (primary N) is 1. The van der Waals surface area contributed by atoms with E-state index in [0.29, 0.717) is 5.92 Å². The Morgan fingerprint density at radius 3 is 2.93 bits per heavy atom. The molecular weight excluding hydrogens is 174 g/mol. The van der Waals surface area contributed by atoms with E-state index in [4.69, 9.17) is 10.5 Å². The highest BCUT2D eigenvalue weighted by Crippen LogP contribution is 2.40. The number of aryl methyl sites for hydroxylation is 1. The van der Waals surface area contributed by atoms with Gasteiger partial charge in [0.25, 0.3) is 0 Å². The first-order valence-corrected chi connectivity index (χ1v) is 5.13. The Kier molecular flexibility index (Phi) is 2.46. The van der Waals surface area contributed by atoms with Crippen molar-refractivity contribution in [2.45, 2.75) is 25.7 Å². The molecule has 2 N–H and O–H groups in total. The third-order valence-corrected chi connectivity index (χ3v) is 3.08. The van der Waals surface area contributed by atoms with Gasteiger partial charge in [-0.3, -0.25) is 0 Å². The lowest BCUT2D eigenvalue weighted by Crippen LogP contribution is -2.20. The second kappa shape index (κ2) is 3.62. The molecule has 0 unspecified atom stereocenters. The summed E-state index contributed by atoms with van der Waals surface area (Å²) in [5.74, 6) is 1.70. The first-order valence-electron chi connectivity index (χ1n) is 5.13. The Bertz CT molecular complexity index is 346. The molecule has 1 aromatic carbocycles. The van der Waals surface area contributed by atoms with Crippen molar-refractivity contribution in [1.29, 1.82) is 0 Å². The highest BCUT2D eigenvalue weighted by Gasteiger charge is 2.26. The SMILES string of the molecule is COc1cc2c(cc1C)[C@@H](CCN)C2. The van der Waals surface area contributed by atoms with Crippen LogP contribution in [0.1, 0.15) is 29.0 Å². The molecule has 1 aliphatic carbocycles. The molecule has 0 heterocycles. The minimum absolute atomic E-state index is 0.694. The summed E-state index contributed by atoms with van der Waals surface area (Å²) < 4.78 is 5.29. The molecule has 0 bridgehead atoms. The second-order valence-corrected chi connectivity index (χ2v) is 4.00. The average molecular weight is 191 g/mol. The van der Waals surface area contributed by atoms with Crippen molar-refractivity contribution in [1.82, 2.24) is 0 Å². The van der Waals surface area contributed by atoms with Crippen molar-refractivity contribution in [2.75, 3.05) is 13.7 Å². The van der Waals surface area contributed by atoms with Gasteiger partial charge in [-0.2, -0.15) is 0 Å². The van der Waals surface area contributed by atoms with Crippen LogP contribution in [0.25, 0.3) is 0 Å². The van der Waals surface area contributed by atoms with Crippen LogP contribution < -0.4 is 10.5 Å². The summed E-state index contributed by atoms with van der Waals surface area (Å²) in [7, 11) is 1.73. The van der Waals surface area contributed by atoms with Gasteiger partial charge in [0.05, 0.1) is 7.11 Å². The summed E-state index contributed by atoms with van der Waals surface area (Å²) in [6.45, 7) is 2.88. The van der Waals surface area contributed by atoms with Crippen molar-refractivity contribution < 1.29 is 4.74 Å². The van der Waals surface area contributed by atoms with Gasteiger partial charge in [-0.05, 0) is 55.0 Å². The highest BCUT2D eigenvalue weighted by molar-refractivity contribution is 5.49. The Morgan fingerprint density at radius 2 is 2.29 bits per heavy atom. The fourth-order valence-electron chi connectivity index (χ4n) is 2.23. The topological polar surface area (TPSA) is 35.2 Å². The maximum Gasteiger partial charge on any atom is 0.122 e. The van der Waals surface area contributed by atoms with E-state index in [1.54, 1.807) is 7.11 Å². The molecule has 1 atom stereocenters. The summed E-state index contributed by atoms with van der Waals surface area (Å²) >= 11 is 0. The van der Waals surface area contributed by atoms with Crippen LogP contribution >= 0.6 is 0 Å². The van der Waals surface area contributed by atoms with Gasteiger partial charge in [0, 0.05) is 0 Å². The second-order valence-electron chi connectivity index (χ2n) is 4.00. The number of fused-ring (bicyclic) bond motifs is 1. The molecule has 0 spiro atoms. The minimum Gasteiger partial charge on any atom is -0.496 e. The summed E-state index contributed by atoms with van der Waals surface area (Å²) in [6, 6.07) is 4.41. The number of hydrogen-bond acceptors (Lipinski definition) is 2. The number of hydrogen-bond donors (Lipinski definition) is 1. The Morgan fingerprint density at radius 1 is 1.50 bits per heavy atom. The van der Waals surface area contributed by atoms with Crippen LogP contribution in [0.5, 0.6) is 5.75 Å². The predicted octanol–water partition coefficient (Wildman–Crippen LogP) is 1.99. The minimum atomic E-state index is 0.694. The first kappa shape index (κ1) is 9.53. The van der Waals surface area contributed by atoms with Crippen LogP contribution in [0.3, 0.4) is 0 Å². The lowest BCUT2D eigenvalue weighted by atomic mass is 9.75. The van der Waals surface area contributed by atoms with E-state index in [-0.39, 0.29) is 0 Å². The fraction of sp³-hybridized carbons (Fsp3) is 0.500. The zero-order valence-electron chi connectivity index (χ0n) is 8.84. The standard InChI is InChI=1S/C12H17NO/c1-8-5-11-9(3-4-13)6-10(11)7-12(8)14-2/h5,7,9H,3-4,6,13H2,1-2H3/t9-/m0/s1. The van der Waals surface area contributed by atoms with Gasteiger partial charge < -0.3 is 10.5 Å².